The maximum Gasteiger partial charge on any atom is 0.257 e. The van der Waals surface area contributed by atoms with E-state index in [0.717, 1.165) is 16.6 Å². The monoisotopic (exact) mass is 312 g/mol. The number of fused-ring (bicyclic) bond motifs is 1. The molecule has 0 saturated heterocycles. The second kappa shape index (κ2) is 5.03. The number of rotatable bonds is 3. The van der Waals surface area contributed by atoms with Crippen molar-refractivity contribution in [2.24, 2.45) is 5.73 Å². The van der Waals surface area contributed by atoms with Gasteiger partial charge in [0.05, 0.1) is 34.2 Å². The summed E-state index contributed by atoms with van der Waals surface area (Å²) in [6.45, 7) is 0.340. The molecule has 1 saturated carbocycles. The summed E-state index contributed by atoms with van der Waals surface area (Å²) in [5.41, 5.74) is 8.79. The first kappa shape index (κ1) is 14.1. The molecule has 4 nitrogen and oxygen atoms in total. The SMILES string of the molecule is NCc1cc2nc(-c3cccc(C4CC4(F)F)n3)ccc2cn1. The van der Waals surface area contributed by atoms with Gasteiger partial charge in [-0.2, -0.15) is 0 Å². The van der Waals surface area contributed by atoms with Crippen LogP contribution < -0.4 is 5.73 Å². The van der Waals surface area contributed by atoms with Crippen molar-refractivity contribution >= 4 is 10.9 Å². The van der Waals surface area contributed by atoms with Crippen LogP contribution in [-0.4, -0.2) is 20.9 Å². The van der Waals surface area contributed by atoms with Gasteiger partial charge in [-0.25, -0.2) is 13.8 Å². The molecule has 6 heteroatoms. The predicted octanol–water partition coefficient (Wildman–Crippen LogP) is 3.27. The van der Waals surface area contributed by atoms with Crippen molar-refractivity contribution in [1.29, 1.82) is 0 Å². The Morgan fingerprint density at radius 3 is 2.65 bits per heavy atom. The quantitative estimate of drug-likeness (QED) is 0.806. The van der Waals surface area contributed by atoms with Gasteiger partial charge in [0.25, 0.3) is 5.92 Å². The van der Waals surface area contributed by atoms with Crippen LogP contribution in [0.1, 0.15) is 23.7 Å². The number of pyridine rings is 3. The Balaban J connectivity index is 1.75. The van der Waals surface area contributed by atoms with Crippen LogP contribution in [-0.2, 0) is 6.54 Å². The summed E-state index contributed by atoms with van der Waals surface area (Å²) in [5, 5.41) is 0.899. The van der Waals surface area contributed by atoms with Crippen LogP contribution in [0.3, 0.4) is 0 Å². The van der Waals surface area contributed by atoms with Crippen molar-refractivity contribution in [2.45, 2.75) is 24.8 Å². The third-order valence-corrected chi connectivity index (χ3v) is 4.06. The van der Waals surface area contributed by atoms with Gasteiger partial charge >= 0.3 is 0 Å². The fourth-order valence-corrected chi connectivity index (χ4v) is 2.63. The average molecular weight is 312 g/mol. The van der Waals surface area contributed by atoms with Crippen LogP contribution in [0.2, 0.25) is 0 Å². The van der Waals surface area contributed by atoms with E-state index in [9.17, 15) is 8.78 Å². The fourth-order valence-electron chi connectivity index (χ4n) is 2.63. The summed E-state index contributed by atoms with van der Waals surface area (Å²) in [6, 6.07) is 10.7. The number of halogens is 2. The lowest BCUT2D eigenvalue weighted by Crippen LogP contribution is -2.00. The summed E-state index contributed by atoms with van der Waals surface area (Å²) < 4.78 is 26.5. The minimum absolute atomic E-state index is 0.125. The summed E-state index contributed by atoms with van der Waals surface area (Å²) >= 11 is 0. The van der Waals surface area contributed by atoms with Gasteiger partial charge < -0.3 is 5.73 Å². The van der Waals surface area contributed by atoms with Crippen molar-refractivity contribution in [2.75, 3.05) is 0 Å². The smallest absolute Gasteiger partial charge is 0.257 e. The highest BCUT2D eigenvalue weighted by Crippen LogP contribution is 2.55. The molecule has 2 N–H and O–H groups in total. The molecule has 3 aromatic rings. The molecule has 0 amide bonds. The zero-order chi connectivity index (χ0) is 16.0. The van der Waals surface area contributed by atoms with Crippen LogP contribution in [0.25, 0.3) is 22.3 Å². The number of nitrogens with two attached hydrogens (primary N) is 1. The van der Waals surface area contributed by atoms with Crippen LogP contribution in [0.4, 0.5) is 8.78 Å². The van der Waals surface area contributed by atoms with E-state index in [1.54, 1.807) is 24.4 Å². The van der Waals surface area contributed by atoms with Crippen molar-refractivity contribution in [3.63, 3.8) is 0 Å². The van der Waals surface area contributed by atoms with Gasteiger partial charge in [0.2, 0.25) is 0 Å². The van der Waals surface area contributed by atoms with Gasteiger partial charge in [0.15, 0.2) is 0 Å². The van der Waals surface area contributed by atoms with E-state index >= 15 is 0 Å². The molecule has 23 heavy (non-hydrogen) atoms. The summed E-state index contributed by atoms with van der Waals surface area (Å²) in [6.07, 6.45) is 1.60. The first-order valence-corrected chi connectivity index (χ1v) is 7.38. The molecule has 0 aromatic carbocycles. The Morgan fingerprint density at radius 1 is 1.13 bits per heavy atom. The molecule has 116 valence electrons. The molecule has 0 bridgehead atoms. The summed E-state index contributed by atoms with van der Waals surface area (Å²) in [4.78, 5) is 13.2. The van der Waals surface area contributed by atoms with Crippen LogP contribution in [0.15, 0.2) is 42.6 Å². The van der Waals surface area contributed by atoms with E-state index in [1.807, 2.05) is 18.2 Å². The van der Waals surface area contributed by atoms with Gasteiger partial charge in [-0.05, 0) is 30.3 Å². The fraction of sp³-hybridized carbons (Fsp3) is 0.235. The number of hydrogen-bond acceptors (Lipinski definition) is 4. The normalized spacial score (nSPS) is 19.0. The maximum absolute atomic E-state index is 13.2. The van der Waals surface area contributed by atoms with Crippen LogP contribution in [0.5, 0.6) is 0 Å². The number of alkyl halides is 2. The Kier molecular flexibility index (Phi) is 3.09. The highest BCUT2D eigenvalue weighted by atomic mass is 19.3. The molecule has 1 aliphatic rings. The molecule has 0 aliphatic heterocycles. The second-order valence-corrected chi connectivity index (χ2v) is 5.73. The van der Waals surface area contributed by atoms with Crippen molar-refractivity contribution < 1.29 is 8.78 Å². The first-order chi connectivity index (χ1) is 11.1. The van der Waals surface area contributed by atoms with Gasteiger partial charge in [-0.3, -0.25) is 9.97 Å². The standard InChI is InChI=1S/C17H14F2N4/c18-17(19)7-12(17)13-2-1-3-14(22-13)15-5-4-10-9-21-11(8-20)6-16(10)23-15/h1-6,9,12H,7-8,20H2. The van der Waals surface area contributed by atoms with Crippen LogP contribution in [0, 0.1) is 0 Å². The lowest BCUT2D eigenvalue weighted by atomic mass is 10.1. The Hall–Kier alpha value is -2.47. The van der Waals surface area contributed by atoms with Crippen molar-refractivity contribution in [3.8, 4) is 11.4 Å². The number of aromatic nitrogens is 3. The average Bonchev–Trinajstić information content (AvgIpc) is 3.22. The number of nitrogens with zero attached hydrogens (tertiary/aromatic N) is 3. The van der Waals surface area contributed by atoms with E-state index in [4.69, 9.17) is 5.73 Å². The lowest BCUT2D eigenvalue weighted by Gasteiger charge is -2.06. The number of hydrogen-bond donors (Lipinski definition) is 1. The third-order valence-electron chi connectivity index (χ3n) is 4.06. The molecular weight excluding hydrogens is 298 g/mol. The minimum Gasteiger partial charge on any atom is -0.325 e. The Labute approximate surface area is 131 Å². The molecule has 1 aliphatic carbocycles. The Morgan fingerprint density at radius 2 is 1.91 bits per heavy atom. The van der Waals surface area contributed by atoms with Gasteiger partial charge in [0, 0.05) is 24.5 Å². The van der Waals surface area contributed by atoms with Gasteiger partial charge in [0.1, 0.15) is 0 Å². The predicted molar refractivity (Wildman–Crippen MR) is 83.0 cm³/mol. The minimum atomic E-state index is -2.62. The maximum atomic E-state index is 13.2. The molecule has 1 fully saturated rings. The van der Waals surface area contributed by atoms with Crippen molar-refractivity contribution in [1.82, 2.24) is 15.0 Å². The molecule has 0 radical (unpaired) electrons. The van der Waals surface area contributed by atoms with E-state index in [1.165, 1.54) is 0 Å². The molecular formula is C17H14F2N4. The summed E-state index contributed by atoms with van der Waals surface area (Å²) in [5.74, 6) is -3.39. The van der Waals surface area contributed by atoms with Gasteiger partial charge in [-0.1, -0.05) is 6.07 Å². The molecule has 1 unspecified atom stereocenters. The van der Waals surface area contributed by atoms with E-state index < -0.39 is 11.8 Å². The second-order valence-electron chi connectivity index (χ2n) is 5.73. The molecule has 1 atom stereocenters. The topological polar surface area (TPSA) is 64.7 Å². The lowest BCUT2D eigenvalue weighted by molar-refractivity contribution is 0.111. The molecule has 3 aromatic heterocycles. The highest BCUT2D eigenvalue weighted by molar-refractivity contribution is 5.80. The zero-order valence-electron chi connectivity index (χ0n) is 12.2. The highest BCUT2D eigenvalue weighted by Gasteiger charge is 2.58. The molecule has 4 rings (SSSR count). The zero-order valence-corrected chi connectivity index (χ0v) is 12.2. The van der Waals surface area contributed by atoms with Gasteiger partial charge in [-0.15, -0.1) is 0 Å². The molecule has 3 heterocycles. The van der Waals surface area contributed by atoms with Crippen LogP contribution >= 0.6 is 0 Å². The largest absolute Gasteiger partial charge is 0.325 e. The Bertz CT molecular complexity index is 895. The third kappa shape index (κ3) is 2.55. The summed E-state index contributed by atoms with van der Waals surface area (Å²) in [7, 11) is 0. The van der Waals surface area contributed by atoms with E-state index in [2.05, 4.69) is 15.0 Å². The van der Waals surface area contributed by atoms with E-state index in [0.29, 0.717) is 23.6 Å². The van der Waals surface area contributed by atoms with Crippen molar-refractivity contribution in [3.05, 3.63) is 54.0 Å². The first-order valence-electron chi connectivity index (χ1n) is 7.38. The van der Waals surface area contributed by atoms with E-state index in [-0.39, 0.29) is 6.42 Å². The molecule has 0 spiro atoms.